The molecule has 1 N–H and O–H groups in total. The van der Waals surface area contributed by atoms with Gasteiger partial charge in [0.15, 0.2) is 0 Å². The van der Waals surface area contributed by atoms with E-state index in [2.05, 4.69) is 10.5 Å². The van der Waals surface area contributed by atoms with Gasteiger partial charge in [0.25, 0.3) is 5.91 Å². The average Bonchev–Trinajstić information content (AvgIpc) is 2.34. The summed E-state index contributed by atoms with van der Waals surface area (Å²) in [5, 5.41) is 4.12. The molecule has 4 heteroatoms. The number of ketones is 1. The van der Waals surface area contributed by atoms with Crippen LogP contribution >= 0.6 is 0 Å². The molecule has 0 bridgehead atoms. The van der Waals surface area contributed by atoms with Gasteiger partial charge in [-0.15, -0.1) is 0 Å². The Hall–Kier alpha value is -1.97. The number of hydrogen-bond donors (Lipinski definition) is 1. The number of carbonyl (C=O) groups excluding carboxylic acids is 2. The van der Waals surface area contributed by atoms with Gasteiger partial charge in [-0.3, -0.25) is 9.59 Å². The normalized spacial score (nSPS) is 19.9. The molecule has 1 aliphatic carbocycles. The molecule has 0 heterocycles. The molecule has 1 fully saturated rings. The molecule has 2 rings (SSSR count). The quantitative estimate of drug-likeness (QED) is 0.842. The van der Waals surface area contributed by atoms with Crippen molar-refractivity contribution in [1.82, 2.24) is 5.43 Å². The molecule has 0 unspecified atom stereocenters. The number of Topliss-reactive ketones (excluding diaryl/α,β-unsaturated/α-hetero) is 1. The summed E-state index contributed by atoms with van der Waals surface area (Å²) in [6.07, 6.45) is 1.67. The Bertz CT molecular complexity index is 556. The molecular weight excluding hydrogens is 252 g/mol. The number of hydrogen-bond acceptors (Lipinski definition) is 3. The minimum Gasteiger partial charge on any atom is -0.299 e. The summed E-state index contributed by atoms with van der Waals surface area (Å²) in [6, 6.07) is 7.30. The van der Waals surface area contributed by atoms with E-state index < -0.39 is 0 Å². The van der Waals surface area contributed by atoms with Crippen LogP contribution in [-0.4, -0.2) is 17.4 Å². The summed E-state index contributed by atoms with van der Waals surface area (Å²) in [7, 11) is 0. The second kappa shape index (κ2) is 5.57. The van der Waals surface area contributed by atoms with Crippen LogP contribution in [0.25, 0.3) is 0 Å². The number of nitrogens with zero attached hydrogens (tertiary/aromatic N) is 1. The SMILES string of the molecule is Cc1ccc(C(=O)N/N=C2/CC(=O)CC(C)(C)C2)cc1. The summed E-state index contributed by atoms with van der Waals surface area (Å²) in [5.74, 6) is -0.0575. The fraction of sp³-hybridized carbons (Fsp3) is 0.438. The van der Waals surface area contributed by atoms with Crippen LogP contribution in [0.4, 0.5) is 0 Å². The van der Waals surface area contributed by atoms with Crippen LogP contribution in [0.5, 0.6) is 0 Å². The molecule has 0 aromatic heterocycles. The van der Waals surface area contributed by atoms with Gasteiger partial charge in [-0.1, -0.05) is 31.5 Å². The predicted molar refractivity (Wildman–Crippen MR) is 78.7 cm³/mol. The Labute approximate surface area is 119 Å². The van der Waals surface area contributed by atoms with Crippen LogP contribution in [0, 0.1) is 12.3 Å². The van der Waals surface area contributed by atoms with E-state index in [4.69, 9.17) is 0 Å². The summed E-state index contributed by atoms with van der Waals surface area (Å²) >= 11 is 0. The topological polar surface area (TPSA) is 58.5 Å². The Morgan fingerprint density at radius 1 is 1.20 bits per heavy atom. The molecular formula is C16H20N2O2. The highest BCUT2D eigenvalue weighted by molar-refractivity contribution is 6.05. The second-order valence-corrected chi connectivity index (χ2v) is 6.22. The van der Waals surface area contributed by atoms with Crippen molar-refractivity contribution in [2.24, 2.45) is 10.5 Å². The van der Waals surface area contributed by atoms with Crippen molar-refractivity contribution < 1.29 is 9.59 Å². The molecule has 1 aliphatic rings. The first-order valence-electron chi connectivity index (χ1n) is 6.80. The van der Waals surface area contributed by atoms with Gasteiger partial charge < -0.3 is 0 Å². The van der Waals surface area contributed by atoms with E-state index in [1.165, 1.54) is 0 Å². The molecule has 0 saturated heterocycles. The van der Waals surface area contributed by atoms with E-state index in [0.29, 0.717) is 18.4 Å². The zero-order valence-electron chi connectivity index (χ0n) is 12.2. The van der Waals surface area contributed by atoms with Crippen LogP contribution < -0.4 is 5.43 Å². The molecule has 1 aromatic rings. The van der Waals surface area contributed by atoms with E-state index in [1.54, 1.807) is 12.1 Å². The Morgan fingerprint density at radius 2 is 1.85 bits per heavy atom. The minimum absolute atomic E-state index is 0.0667. The fourth-order valence-electron chi connectivity index (χ4n) is 2.48. The highest BCUT2D eigenvalue weighted by atomic mass is 16.2. The molecule has 1 saturated carbocycles. The van der Waals surface area contributed by atoms with Gasteiger partial charge >= 0.3 is 0 Å². The number of rotatable bonds is 2. The molecule has 1 aromatic carbocycles. The maximum absolute atomic E-state index is 11.9. The van der Waals surface area contributed by atoms with Gasteiger partial charge in [-0.25, -0.2) is 5.43 Å². The van der Waals surface area contributed by atoms with Crippen LogP contribution in [0.1, 0.15) is 49.0 Å². The number of benzene rings is 1. The van der Waals surface area contributed by atoms with Gasteiger partial charge in [0.2, 0.25) is 0 Å². The van der Waals surface area contributed by atoms with Crippen LogP contribution in [-0.2, 0) is 4.79 Å². The Balaban J connectivity index is 2.03. The Morgan fingerprint density at radius 3 is 2.45 bits per heavy atom. The lowest BCUT2D eigenvalue weighted by Crippen LogP contribution is -2.31. The zero-order chi connectivity index (χ0) is 14.8. The minimum atomic E-state index is -0.242. The summed E-state index contributed by atoms with van der Waals surface area (Å²) in [5.41, 5.74) is 4.91. The lowest BCUT2D eigenvalue weighted by Gasteiger charge is -2.28. The van der Waals surface area contributed by atoms with Crippen LogP contribution in [0.15, 0.2) is 29.4 Å². The highest BCUT2D eigenvalue weighted by Crippen LogP contribution is 2.31. The molecule has 0 spiro atoms. The number of aryl methyl sites for hydroxylation is 1. The van der Waals surface area contributed by atoms with Gasteiger partial charge in [0, 0.05) is 24.1 Å². The van der Waals surface area contributed by atoms with Gasteiger partial charge in [-0.2, -0.15) is 5.10 Å². The third-order valence-corrected chi connectivity index (χ3v) is 3.39. The van der Waals surface area contributed by atoms with Crippen molar-refractivity contribution in [2.45, 2.75) is 40.0 Å². The summed E-state index contributed by atoms with van der Waals surface area (Å²) < 4.78 is 0. The molecule has 1 amide bonds. The van der Waals surface area contributed by atoms with Gasteiger partial charge in [0.05, 0.1) is 0 Å². The predicted octanol–water partition coefficient (Wildman–Crippen LogP) is 2.86. The maximum atomic E-state index is 11.9. The lowest BCUT2D eigenvalue weighted by molar-refractivity contribution is -0.120. The fourth-order valence-corrected chi connectivity index (χ4v) is 2.48. The van der Waals surface area contributed by atoms with Crippen molar-refractivity contribution in [3.63, 3.8) is 0 Å². The van der Waals surface area contributed by atoms with Crippen LogP contribution in [0.2, 0.25) is 0 Å². The lowest BCUT2D eigenvalue weighted by atomic mass is 9.76. The van der Waals surface area contributed by atoms with Crippen molar-refractivity contribution in [2.75, 3.05) is 0 Å². The smallest absolute Gasteiger partial charge is 0.271 e. The first-order valence-corrected chi connectivity index (χ1v) is 6.80. The molecule has 4 nitrogen and oxygen atoms in total. The van der Waals surface area contributed by atoms with E-state index in [0.717, 1.165) is 17.7 Å². The highest BCUT2D eigenvalue weighted by Gasteiger charge is 2.30. The van der Waals surface area contributed by atoms with Gasteiger partial charge in [-0.05, 0) is 30.9 Å². The van der Waals surface area contributed by atoms with E-state index in [-0.39, 0.29) is 17.1 Å². The molecule has 20 heavy (non-hydrogen) atoms. The summed E-state index contributed by atoms with van der Waals surface area (Å²) in [4.78, 5) is 23.6. The Kier molecular flexibility index (Phi) is 4.02. The average molecular weight is 272 g/mol. The number of nitrogens with one attached hydrogen (secondary N) is 1. The van der Waals surface area contributed by atoms with Crippen molar-refractivity contribution in [3.05, 3.63) is 35.4 Å². The van der Waals surface area contributed by atoms with Crippen molar-refractivity contribution >= 4 is 17.4 Å². The number of carbonyl (C=O) groups is 2. The third-order valence-electron chi connectivity index (χ3n) is 3.39. The number of amides is 1. The van der Waals surface area contributed by atoms with Crippen molar-refractivity contribution in [3.8, 4) is 0 Å². The second-order valence-electron chi connectivity index (χ2n) is 6.22. The first-order chi connectivity index (χ1) is 9.35. The molecule has 0 radical (unpaired) electrons. The summed E-state index contributed by atoms with van der Waals surface area (Å²) in [6.45, 7) is 6.06. The van der Waals surface area contributed by atoms with Crippen LogP contribution in [0.3, 0.4) is 0 Å². The van der Waals surface area contributed by atoms with E-state index in [1.807, 2.05) is 32.9 Å². The number of hydrazone groups is 1. The van der Waals surface area contributed by atoms with Gasteiger partial charge in [0.1, 0.15) is 5.78 Å². The van der Waals surface area contributed by atoms with E-state index in [9.17, 15) is 9.59 Å². The monoisotopic (exact) mass is 272 g/mol. The maximum Gasteiger partial charge on any atom is 0.271 e. The van der Waals surface area contributed by atoms with E-state index >= 15 is 0 Å². The molecule has 0 aliphatic heterocycles. The molecule has 0 atom stereocenters. The zero-order valence-corrected chi connectivity index (χ0v) is 12.2. The largest absolute Gasteiger partial charge is 0.299 e. The first kappa shape index (κ1) is 14.4. The third kappa shape index (κ3) is 3.76. The standard InChI is InChI=1S/C16H20N2O2/c1-11-4-6-12(7-5-11)15(20)18-17-13-8-14(19)10-16(2,3)9-13/h4-7H,8-10H2,1-3H3,(H,18,20)/b17-13-. The van der Waals surface area contributed by atoms with Crippen molar-refractivity contribution in [1.29, 1.82) is 0 Å². The molecule has 106 valence electrons.